The third kappa shape index (κ3) is 5.38. The van der Waals surface area contributed by atoms with Gasteiger partial charge in [0.05, 0.1) is 6.10 Å². The van der Waals surface area contributed by atoms with Gasteiger partial charge in [0.2, 0.25) is 11.8 Å². The van der Waals surface area contributed by atoms with E-state index in [9.17, 15) is 14.4 Å². The van der Waals surface area contributed by atoms with Crippen LogP contribution in [0.15, 0.2) is 24.3 Å². The maximum atomic E-state index is 13.6. The van der Waals surface area contributed by atoms with E-state index < -0.39 is 16.8 Å². The maximum Gasteiger partial charge on any atom is 0.256 e. The van der Waals surface area contributed by atoms with Gasteiger partial charge in [-0.15, -0.1) is 11.8 Å². The minimum atomic E-state index is -0.661. The van der Waals surface area contributed by atoms with Gasteiger partial charge < -0.3 is 20.3 Å². The summed E-state index contributed by atoms with van der Waals surface area (Å²) < 4.78 is 5.04. The third-order valence-corrected chi connectivity index (χ3v) is 7.94. The first-order chi connectivity index (χ1) is 15.6. The maximum absolute atomic E-state index is 13.6. The van der Waals surface area contributed by atoms with Gasteiger partial charge in [0, 0.05) is 23.5 Å². The first-order valence-corrected chi connectivity index (χ1v) is 12.8. The summed E-state index contributed by atoms with van der Waals surface area (Å²) in [4.78, 5) is 41.4. The fourth-order valence-corrected chi connectivity index (χ4v) is 6.04. The number of amides is 3. The smallest absolute Gasteiger partial charge is 0.256 e. The second-order valence-corrected chi connectivity index (χ2v) is 11.4. The van der Waals surface area contributed by atoms with Crippen molar-refractivity contribution in [3.63, 3.8) is 0 Å². The molecule has 1 aromatic rings. The fraction of sp³-hybridized carbons (Fsp3) is 0.640. The van der Waals surface area contributed by atoms with E-state index in [0.717, 1.165) is 12.0 Å². The highest BCUT2D eigenvalue weighted by Crippen LogP contribution is 2.56. The molecular formula is C25H37N3O4S. The van der Waals surface area contributed by atoms with Crippen molar-refractivity contribution in [3.8, 4) is 0 Å². The van der Waals surface area contributed by atoms with Crippen LogP contribution >= 0.6 is 11.8 Å². The van der Waals surface area contributed by atoms with E-state index in [0.29, 0.717) is 25.1 Å². The highest BCUT2D eigenvalue weighted by Gasteiger charge is 2.57. The molecule has 3 amide bonds. The van der Waals surface area contributed by atoms with Crippen molar-refractivity contribution in [2.45, 2.75) is 82.7 Å². The summed E-state index contributed by atoms with van der Waals surface area (Å²) in [6, 6.07) is 6.22. The van der Waals surface area contributed by atoms with E-state index in [2.05, 4.69) is 10.6 Å². The number of carbonyl (C=O) groups excluding carboxylic acids is 3. The minimum Gasteiger partial charge on any atom is -0.379 e. The number of thioether (sulfide) groups is 1. The lowest BCUT2D eigenvalue weighted by atomic mass is 9.95. The number of ether oxygens (including phenoxy) is 1. The van der Waals surface area contributed by atoms with Crippen LogP contribution < -0.4 is 10.6 Å². The molecule has 4 atom stereocenters. The Morgan fingerprint density at radius 3 is 2.58 bits per heavy atom. The van der Waals surface area contributed by atoms with Crippen LogP contribution in [0.2, 0.25) is 0 Å². The Bertz CT molecular complexity index is 888. The fourth-order valence-electron chi connectivity index (χ4n) is 4.45. The highest BCUT2D eigenvalue weighted by atomic mass is 32.2. The Hall–Kier alpha value is -2.06. The van der Waals surface area contributed by atoms with E-state index in [1.807, 2.05) is 65.8 Å². The second-order valence-electron chi connectivity index (χ2n) is 9.71. The standard InChI is InChI=1S/C25H37N3O4S/c1-7-16(4)19(21(29)26-13-10-14-32-15(2)3)27-22(30)20-25(5,6)33-24-18-12-9-8-11-17(18)23(31)28(20)24/h8-9,11-12,15-16,19-20,24H,7,10,13-14H2,1-6H3,(H,26,29)(H,27,30)/t16-,19-,20-,24-/m0/s1. The van der Waals surface area contributed by atoms with Gasteiger partial charge >= 0.3 is 0 Å². The Kier molecular flexibility index (Phi) is 8.11. The molecule has 33 heavy (non-hydrogen) atoms. The monoisotopic (exact) mass is 475 g/mol. The van der Waals surface area contributed by atoms with E-state index >= 15 is 0 Å². The predicted molar refractivity (Wildman–Crippen MR) is 131 cm³/mol. The molecule has 3 rings (SSSR count). The van der Waals surface area contributed by atoms with E-state index in [4.69, 9.17) is 4.74 Å². The predicted octanol–water partition coefficient (Wildman–Crippen LogP) is 3.50. The molecule has 1 saturated heterocycles. The van der Waals surface area contributed by atoms with Crippen molar-refractivity contribution in [2.75, 3.05) is 13.2 Å². The average molecular weight is 476 g/mol. The number of benzene rings is 1. The number of nitrogens with zero attached hydrogens (tertiary/aromatic N) is 1. The summed E-state index contributed by atoms with van der Waals surface area (Å²) in [6.45, 7) is 13.0. The van der Waals surface area contributed by atoms with Gasteiger partial charge in [-0.25, -0.2) is 0 Å². The lowest BCUT2D eigenvalue weighted by Crippen LogP contribution is -2.58. The largest absolute Gasteiger partial charge is 0.379 e. The molecule has 0 aliphatic carbocycles. The molecule has 7 nitrogen and oxygen atoms in total. The van der Waals surface area contributed by atoms with Crippen LogP contribution in [0.25, 0.3) is 0 Å². The van der Waals surface area contributed by atoms with Crippen LogP contribution in [0, 0.1) is 5.92 Å². The van der Waals surface area contributed by atoms with Crippen molar-refractivity contribution in [1.82, 2.24) is 15.5 Å². The van der Waals surface area contributed by atoms with Crippen molar-refractivity contribution >= 4 is 29.5 Å². The molecule has 0 saturated carbocycles. The van der Waals surface area contributed by atoms with E-state index in [1.54, 1.807) is 16.7 Å². The van der Waals surface area contributed by atoms with Crippen LogP contribution in [0.3, 0.4) is 0 Å². The first kappa shape index (κ1) is 25.6. The molecule has 0 bridgehead atoms. The molecule has 2 aliphatic rings. The van der Waals surface area contributed by atoms with Crippen molar-refractivity contribution in [1.29, 1.82) is 0 Å². The SMILES string of the molecule is CC[C@H](C)[C@H](NC(=O)[C@@H]1N2C(=O)c3ccccc3[C@@H]2SC1(C)C)C(=O)NCCCOC(C)C. The summed E-state index contributed by atoms with van der Waals surface area (Å²) in [5.74, 6) is -0.637. The zero-order chi connectivity index (χ0) is 24.3. The van der Waals surface area contributed by atoms with Gasteiger partial charge in [0.15, 0.2) is 0 Å². The number of hydrogen-bond donors (Lipinski definition) is 2. The molecule has 2 heterocycles. The summed E-state index contributed by atoms with van der Waals surface area (Å²) in [6.07, 6.45) is 1.61. The molecule has 0 aromatic heterocycles. The van der Waals surface area contributed by atoms with Crippen LogP contribution in [0.1, 0.15) is 75.7 Å². The topological polar surface area (TPSA) is 87.7 Å². The Labute approximate surface area is 201 Å². The molecule has 182 valence electrons. The normalized spacial score (nSPS) is 22.6. The van der Waals surface area contributed by atoms with Gasteiger partial charge in [0.25, 0.3) is 5.91 Å². The molecule has 1 fully saturated rings. The lowest BCUT2D eigenvalue weighted by molar-refractivity contribution is -0.133. The first-order valence-electron chi connectivity index (χ1n) is 11.9. The summed E-state index contributed by atoms with van der Waals surface area (Å²) in [7, 11) is 0. The Morgan fingerprint density at radius 2 is 1.91 bits per heavy atom. The number of nitrogens with one attached hydrogen (secondary N) is 2. The van der Waals surface area contributed by atoms with Crippen LogP contribution in [0.4, 0.5) is 0 Å². The van der Waals surface area contributed by atoms with Crippen molar-refractivity contribution in [2.24, 2.45) is 5.92 Å². The number of fused-ring (bicyclic) bond motifs is 3. The molecule has 0 unspecified atom stereocenters. The van der Waals surface area contributed by atoms with Crippen molar-refractivity contribution < 1.29 is 19.1 Å². The van der Waals surface area contributed by atoms with Gasteiger partial charge in [-0.05, 0) is 51.7 Å². The van der Waals surface area contributed by atoms with Crippen LogP contribution in [-0.2, 0) is 14.3 Å². The molecule has 0 radical (unpaired) electrons. The molecule has 1 aromatic carbocycles. The quantitative estimate of drug-likeness (QED) is 0.506. The lowest BCUT2D eigenvalue weighted by Gasteiger charge is -2.32. The number of rotatable bonds is 10. The van der Waals surface area contributed by atoms with Gasteiger partial charge in [-0.3, -0.25) is 14.4 Å². The molecule has 2 N–H and O–H groups in total. The zero-order valence-corrected chi connectivity index (χ0v) is 21.3. The number of carbonyl (C=O) groups is 3. The highest BCUT2D eigenvalue weighted by molar-refractivity contribution is 8.01. The average Bonchev–Trinajstić information content (AvgIpc) is 3.20. The van der Waals surface area contributed by atoms with Crippen LogP contribution in [-0.4, -0.2) is 58.7 Å². The van der Waals surface area contributed by atoms with E-state index in [-0.39, 0.29) is 35.1 Å². The van der Waals surface area contributed by atoms with Crippen molar-refractivity contribution in [3.05, 3.63) is 35.4 Å². The summed E-state index contributed by atoms with van der Waals surface area (Å²) in [5.41, 5.74) is 1.61. The van der Waals surface area contributed by atoms with Gasteiger partial charge in [-0.2, -0.15) is 0 Å². The third-order valence-electron chi connectivity index (χ3n) is 6.41. The molecule has 2 aliphatic heterocycles. The molecular weight excluding hydrogens is 438 g/mol. The Morgan fingerprint density at radius 1 is 1.21 bits per heavy atom. The zero-order valence-electron chi connectivity index (χ0n) is 20.5. The minimum absolute atomic E-state index is 0.0414. The second kappa shape index (κ2) is 10.5. The van der Waals surface area contributed by atoms with E-state index in [1.165, 1.54) is 0 Å². The van der Waals surface area contributed by atoms with Gasteiger partial charge in [0.1, 0.15) is 17.5 Å². The summed E-state index contributed by atoms with van der Waals surface area (Å²) in [5, 5.41) is 5.75. The Balaban J connectivity index is 1.71. The van der Waals surface area contributed by atoms with Crippen LogP contribution in [0.5, 0.6) is 0 Å². The number of hydrogen-bond acceptors (Lipinski definition) is 5. The van der Waals surface area contributed by atoms with Gasteiger partial charge in [-0.1, -0.05) is 38.5 Å². The molecule has 0 spiro atoms. The summed E-state index contributed by atoms with van der Waals surface area (Å²) >= 11 is 1.62. The molecule has 8 heteroatoms.